The van der Waals surface area contributed by atoms with Gasteiger partial charge in [0.15, 0.2) is 0 Å². The number of hydrogen-bond acceptors (Lipinski definition) is 9. The molecule has 1 saturated heterocycles. The summed E-state index contributed by atoms with van der Waals surface area (Å²) in [5.41, 5.74) is 0.574. The van der Waals surface area contributed by atoms with Gasteiger partial charge in [0.2, 0.25) is 15.9 Å². The summed E-state index contributed by atoms with van der Waals surface area (Å²) >= 11 is 0. The summed E-state index contributed by atoms with van der Waals surface area (Å²) in [6.07, 6.45) is 0.0722. The van der Waals surface area contributed by atoms with Crippen LogP contribution in [0, 0.1) is 11.3 Å². The van der Waals surface area contributed by atoms with Gasteiger partial charge in [-0.15, -0.1) is 0 Å². The molecule has 14 heteroatoms. The average molecular weight is 751 g/mol. The first-order chi connectivity index (χ1) is 24.8. The Morgan fingerprint density at radius 1 is 0.981 bits per heavy atom. The zero-order valence-electron chi connectivity index (χ0n) is 31.7. The number of aromatic nitrogens is 1. The second-order valence-electron chi connectivity index (χ2n) is 15.6. The first-order valence-corrected chi connectivity index (χ1v) is 19.3. The fourth-order valence-electron chi connectivity index (χ4n) is 6.46. The third-order valence-electron chi connectivity index (χ3n) is 9.07. The highest BCUT2D eigenvalue weighted by Gasteiger charge is 2.44. The van der Waals surface area contributed by atoms with Crippen LogP contribution in [0.5, 0.6) is 0 Å². The minimum absolute atomic E-state index is 0.0102. The molecule has 1 aliphatic heterocycles. The van der Waals surface area contributed by atoms with E-state index in [0.29, 0.717) is 23.5 Å². The standard InChI is InChI=1S/C39H54N6O7S/c1-27(2)24-44(53(51,52)31-18-16-29(17-19-31)23-40-50)26-33(46)32(22-28-12-9-8-10-13-28)42-36(47)35(38(3,4)5)45-21-20-43(37(45)48)25-30-14-11-15-34(41-30)39(6,7)49/h8-19,23,27,32-33,35,46,49-50H,20-22,24-26H2,1-7H3,(H,42,47)/t32-,33+,35+/m0/s1. The molecular weight excluding hydrogens is 697 g/mol. The van der Waals surface area contributed by atoms with Crippen LogP contribution in [0.1, 0.15) is 71.0 Å². The summed E-state index contributed by atoms with van der Waals surface area (Å²) in [5, 5.41) is 37.2. The van der Waals surface area contributed by atoms with Crippen LogP contribution in [0.4, 0.5) is 4.79 Å². The first kappa shape index (κ1) is 41.4. The largest absolute Gasteiger partial charge is 0.411 e. The summed E-state index contributed by atoms with van der Waals surface area (Å²) in [4.78, 5) is 36.0. The van der Waals surface area contributed by atoms with Crippen molar-refractivity contribution >= 4 is 28.2 Å². The number of urea groups is 1. The Balaban J connectivity index is 1.60. The van der Waals surface area contributed by atoms with Gasteiger partial charge in [-0.1, -0.05) is 88.3 Å². The quantitative estimate of drug-likeness (QED) is 0.0957. The minimum Gasteiger partial charge on any atom is -0.411 e. The number of aliphatic hydroxyl groups excluding tert-OH is 1. The van der Waals surface area contributed by atoms with E-state index in [2.05, 4.69) is 15.5 Å². The first-order valence-electron chi connectivity index (χ1n) is 17.9. The Bertz CT molecular complexity index is 1820. The number of pyridine rings is 1. The average Bonchev–Trinajstić information content (AvgIpc) is 3.42. The van der Waals surface area contributed by atoms with Crippen LogP contribution in [-0.4, -0.2) is 105 Å². The maximum Gasteiger partial charge on any atom is 0.321 e. The highest BCUT2D eigenvalue weighted by molar-refractivity contribution is 7.89. The Morgan fingerprint density at radius 2 is 1.64 bits per heavy atom. The Labute approximate surface area is 313 Å². The number of rotatable bonds is 16. The lowest BCUT2D eigenvalue weighted by Gasteiger charge is -2.38. The van der Waals surface area contributed by atoms with Crippen molar-refractivity contribution in [3.63, 3.8) is 0 Å². The summed E-state index contributed by atoms with van der Waals surface area (Å²) < 4.78 is 29.1. The third-order valence-corrected chi connectivity index (χ3v) is 10.9. The van der Waals surface area contributed by atoms with Gasteiger partial charge in [-0.2, -0.15) is 4.31 Å². The molecule has 3 atom stereocenters. The van der Waals surface area contributed by atoms with Crippen molar-refractivity contribution in [2.75, 3.05) is 26.2 Å². The molecule has 0 saturated carbocycles. The zero-order chi connectivity index (χ0) is 39.1. The van der Waals surface area contributed by atoms with Crippen molar-refractivity contribution in [1.29, 1.82) is 0 Å². The molecule has 0 spiro atoms. The molecule has 3 amide bonds. The predicted octanol–water partition coefficient (Wildman–Crippen LogP) is 4.20. The molecule has 0 aliphatic carbocycles. The van der Waals surface area contributed by atoms with Gasteiger partial charge in [0, 0.05) is 26.2 Å². The second kappa shape index (κ2) is 17.2. The number of benzene rings is 2. The summed E-state index contributed by atoms with van der Waals surface area (Å²) in [7, 11) is -4.08. The van der Waals surface area contributed by atoms with E-state index in [-0.39, 0.29) is 49.4 Å². The van der Waals surface area contributed by atoms with E-state index in [9.17, 15) is 28.2 Å². The number of carbonyl (C=O) groups is 2. The minimum atomic E-state index is -4.08. The van der Waals surface area contributed by atoms with Crippen molar-refractivity contribution in [2.24, 2.45) is 16.5 Å². The lowest BCUT2D eigenvalue weighted by molar-refractivity contribution is -0.130. The van der Waals surface area contributed by atoms with E-state index in [1.807, 2.05) is 65.0 Å². The molecule has 1 aromatic heterocycles. The van der Waals surface area contributed by atoms with Crippen LogP contribution >= 0.6 is 0 Å². The van der Waals surface area contributed by atoms with Crippen LogP contribution in [-0.2, 0) is 33.4 Å². The highest BCUT2D eigenvalue weighted by Crippen LogP contribution is 2.29. The van der Waals surface area contributed by atoms with Crippen molar-refractivity contribution in [2.45, 2.75) is 90.1 Å². The molecule has 1 fully saturated rings. The Morgan fingerprint density at radius 3 is 2.23 bits per heavy atom. The van der Waals surface area contributed by atoms with Gasteiger partial charge >= 0.3 is 6.03 Å². The smallest absolute Gasteiger partial charge is 0.321 e. The molecule has 2 aromatic carbocycles. The maximum atomic E-state index is 14.4. The molecule has 0 radical (unpaired) electrons. The molecule has 3 aromatic rings. The number of aliphatic hydroxyl groups is 2. The van der Waals surface area contributed by atoms with E-state index < -0.39 is 45.1 Å². The predicted molar refractivity (Wildman–Crippen MR) is 203 cm³/mol. The monoisotopic (exact) mass is 750 g/mol. The Hall–Kier alpha value is -4.37. The fraction of sp³-hybridized carbons (Fsp3) is 0.487. The molecule has 53 heavy (non-hydrogen) atoms. The molecule has 4 rings (SSSR count). The van der Waals surface area contributed by atoms with Crippen molar-refractivity contribution in [3.8, 4) is 0 Å². The van der Waals surface area contributed by atoms with E-state index in [0.717, 1.165) is 5.56 Å². The van der Waals surface area contributed by atoms with Gasteiger partial charge < -0.3 is 30.5 Å². The Kier molecular flexibility index (Phi) is 13.4. The van der Waals surface area contributed by atoms with Crippen LogP contribution < -0.4 is 5.32 Å². The number of hydrogen-bond donors (Lipinski definition) is 4. The number of oxime groups is 1. The van der Waals surface area contributed by atoms with Gasteiger partial charge in [-0.3, -0.25) is 9.78 Å². The molecule has 288 valence electrons. The number of nitrogens with zero attached hydrogens (tertiary/aromatic N) is 5. The third kappa shape index (κ3) is 10.8. The normalized spacial score (nSPS) is 16.1. The second-order valence-corrected chi connectivity index (χ2v) is 17.6. The van der Waals surface area contributed by atoms with Gasteiger partial charge in [-0.25, -0.2) is 13.2 Å². The number of amides is 3. The zero-order valence-corrected chi connectivity index (χ0v) is 32.5. The summed E-state index contributed by atoms with van der Waals surface area (Å²) in [6.45, 7) is 13.3. The van der Waals surface area contributed by atoms with Crippen molar-refractivity contribution in [3.05, 3.63) is 95.3 Å². The fourth-order valence-corrected chi connectivity index (χ4v) is 8.08. The van der Waals surface area contributed by atoms with E-state index in [1.54, 1.807) is 41.8 Å². The molecule has 2 heterocycles. The van der Waals surface area contributed by atoms with Crippen LogP contribution in [0.2, 0.25) is 0 Å². The van der Waals surface area contributed by atoms with Crippen LogP contribution in [0.25, 0.3) is 0 Å². The van der Waals surface area contributed by atoms with Gasteiger partial charge in [-0.05, 0) is 67.0 Å². The molecule has 13 nitrogen and oxygen atoms in total. The number of sulfonamides is 1. The summed E-state index contributed by atoms with van der Waals surface area (Å²) in [5.74, 6) is -0.545. The van der Waals surface area contributed by atoms with Crippen molar-refractivity contribution in [1.82, 2.24) is 24.4 Å². The lowest BCUT2D eigenvalue weighted by Crippen LogP contribution is -2.59. The molecule has 4 N–H and O–H groups in total. The number of nitrogens with one attached hydrogen (secondary N) is 1. The highest BCUT2D eigenvalue weighted by atomic mass is 32.2. The van der Waals surface area contributed by atoms with Crippen LogP contribution in [0.15, 0.2) is 82.8 Å². The van der Waals surface area contributed by atoms with E-state index >= 15 is 0 Å². The topological polar surface area (TPSA) is 176 Å². The van der Waals surface area contributed by atoms with Crippen molar-refractivity contribution < 1.29 is 33.4 Å². The molecule has 0 bridgehead atoms. The molecular formula is C39H54N6O7S. The molecule has 1 aliphatic rings. The molecule has 0 unspecified atom stereocenters. The van der Waals surface area contributed by atoms with Crippen LogP contribution in [0.3, 0.4) is 0 Å². The van der Waals surface area contributed by atoms with Gasteiger partial charge in [0.05, 0.1) is 41.2 Å². The van der Waals surface area contributed by atoms with Gasteiger partial charge in [0.25, 0.3) is 0 Å². The summed E-state index contributed by atoms with van der Waals surface area (Å²) in [6, 6.07) is 18.3. The number of carbonyl (C=O) groups excluding carboxylic acids is 2. The van der Waals surface area contributed by atoms with E-state index in [4.69, 9.17) is 5.21 Å². The lowest BCUT2D eigenvalue weighted by atomic mass is 9.84. The van der Waals surface area contributed by atoms with Gasteiger partial charge in [0.1, 0.15) is 11.6 Å². The maximum absolute atomic E-state index is 14.4. The van der Waals surface area contributed by atoms with E-state index in [1.165, 1.54) is 34.8 Å². The SMILES string of the molecule is CC(C)CN(C[C@@H](O)[C@H](Cc1ccccc1)NC(=O)[C@@H](N1CCN(Cc2cccc(C(C)(C)O)n2)C1=O)C(C)(C)C)S(=O)(=O)c1ccc(C=NO)cc1.